The summed E-state index contributed by atoms with van der Waals surface area (Å²) in [6.07, 6.45) is 2.95. The minimum atomic E-state index is -0.271. The summed E-state index contributed by atoms with van der Waals surface area (Å²) in [5, 5.41) is 2.84. The number of carbonyl (C=O) groups excluding carboxylic acids is 2. The zero-order chi connectivity index (χ0) is 13.8. The van der Waals surface area contributed by atoms with Crippen LogP contribution in [-0.4, -0.2) is 49.6 Å². The summed E-state index contributed by atoms with van der Waals surface area (Å²) >= 11 is 0. The van der Waals surface area contributed by atoms with E-state index in [4.69, 9.17) is 4.74 Å². The quantitative estimate of drug-likeness (QED) is 0.472. The van der Waals surface area contributed by atoms with E-state index in [0.29, 0.717) is 13.2 Å². The molecule has 1 N–H and O–H groups in total. The van der Waals surface area contributed by atoms with E-state index in [1.807, 2.05) is 11.8 Å². The van der Waals surface area contributed by atoms with E-state index in [-0.39, 0.29) is 25.0 Å². The third kappa shape index (κ3) is 8.98. The first kappa shape index (κ1) is 16.9. The number of hydrogen-bond donors (Lipinski definition) is 1. The van der Waals surface area contributed by atoms with Crippen LogP contribution in [0.3, 0.4) is 0 Å². The van der Waals surface area contributed by atoms with E-state index >= 15 is 0 Å². The summed E-state index contributed by atoms with van der Waals surface area (Å²) in [5.41, 5.74) is 0. The molecular weight excluding hydrogens is 232 g/mol. The van der Waals surface area contributed by atoms with E-state index in [1.54, 1.807) is 6.92 Å². The fraction of sp³-hybridized carbons (Fsp3) is 0.846. The van der Waals surface area contributed by atoms with Gasteiger partial charge in [-0.3, -0.25) is 14.5 Å². The van der Waals surface area contributed by atoms with Crippen LogP contribution in [0.1, 0.15) is 40.0 Å². The van der Waals surface area contributed by atoms with E-state index in [9.17, 15) is 9.59 Å². The Morgan fingerprint density at radius 2 is 1.83 bits per heavy atom. The fourth-order valence-corrected chi connectivity index (χ4v) is 1.58. The Hall–Kier alpha value is -1.10. The van der Waals surface area contributed by atoms with Crippen molar-refractivity contribution in [2.45, 2.75) is 40.0 Å². The summed E-state index contributed by atoms with van der Waals surface area (Å²) in [6, 6.07) is 0. The molecule has 0 saturated carbocycles. The van der Waals surface area contributed by atoms with Crippen molar-refractivity contribution < 1.29 is 14.3 Å². The third-order valence-electron chi connectivity index (χ3n) is 2.42. The van der Waals surface area contributed by atoms with Crippen molar-refractivity contribution in [1.29, 1.82) is 0 Å². The van der Waals surface area contributed by atoms with Crippen LogP contribution >= 0.6 is 0 Å². The monoisotopic (exact) mass is 258 g/mol. The molecule has 0 fully saturated rings. The molecule has 1 amide bonds. The predicted molar refractivity (Wildman–Crippen MR) is 71.3 cm³/mol. The molecule has 5 nitrogen and oxygen atoms in total. The standard InChI is InChI=1S/C13H26N2O3/c1-4-7-8-14-12(16)10-15(9-5-2)11-13(17)18-6-3/h4-11H2,1-3H3,(H,14,16). The van der Waals surface area contributed by atoms with E-state index in [0.717, 1.165) is 25.8 Å². The number of ether oxygens (including phenoxy) is 1. The maximum Gasteiger partial charge on any atom is 0.320 e. The van der Waals surface area contributed by atoms with E-state index in [2.05, 4.69) is 12.2 Å². The molecule has 106 valence electrons. The van der Waals surface area contributed by atoms with Crippen LogP contribution in [-0.2, 0) is 14.3 Å². The van der Waals surface area contributed by atoms with Crippen LogP contribution in [0.4, 0.5) is 0 Å². The second-order valence-corrected chi connectivity index (χ2v) is 4.22. The number of unbranched alkanes of at least 4 members (excludes halogenated alkanes) is 1. The molecule has 0 bridgehead atoms. The molecule has 0 aromatic rings. The molecule has 0 spiro atoms. The molecule has 0 radical (unpaired) electrons. The highest BCUT2D eigenvalue weighted by molar-refractivity contribution is 5.79. The van der Waals surface area contributed by atoms with Gasteiger partial charge < -0.3 is 10.1 Å². The number of hydrogen-bond acceptors (Lipinski definition) is 4. The minimum Gasteiger partial charge on any atom is -0.465 e. The predicted octanol–water partition coefficient (Wildman–Crippen LogP) is 1.18. The van der Waals surface area contributed by atoms with Gasteiger partial charge in [-0.25, -0.2) is 0 Å². The Morgan fingerprint density at radius 1 is 1.11 bits per heavy atom. The number of nitrogens with one attached hydrogen (secondary N) is 1. The smallest absolute Gasteiger partial charge is 0.320 e. The summed E-state index contributed by atoms with van der Waals surface area (Å²) in [6.45, 7) is 8.12. The second-order valence-electron chi connectivity index (χ2n) is 4.22. The third-order valence-corrected chi connectivity index (χ3v) is 2.42. The Kier molecular flexibility index (Phi) is 10.3. The summed E-state index contributed by atoms with van der Waals surface area (Å²) in [4.78, 5) is 24.8. The lowest BCUT2D eigenvalue weighted by Crippen LogP contribution is -2.40. The Bertz CT molecular complexity index is 244. The topological polar surface area (TPSA) is 58.6 Å². The Balaban J connectivity index is 4.01. The van der Waals surface area contributed by atoms with Crippen molar-refractivity contribution >= 4 is 11.9 Å². The van der Waals surface area contributed by atoms with Gasteiger partial charge in [-0.1, -0.05) is 20.3 Å². The van der Waals surface area contributed by atoms with Crippen LogP contribution in [0, 0.1) is 0 Å². The first-order valence-electron chi connectivity index (χ1n) is 6.78. The fourth-order valence-electron chi connectivity index (χ4n) is 1.58. The van der Waals surface area contributed by atoms with Gasteiger partial charge in [-0.15, -0.1) is 0 Å². The van der Waals surface area contributed by atoms with Crippen molar-refractivity contribution in [3.63, 3.8) is 0 Å². The second kappa shape index (κ2) is 11.0. The lowest BCUT2D eigenvalue weighted by molar-refractivity contribution is -0.144. The molecular formula is C13H26N2O3. The van der Waals surface area contributed by atoms with Gasteiger partial charge in [-0.05, 0) is 26.3 Å². The van der Waals surface area contributed by atoms with Crippen molar-refractivity contribution in [3.8, 4) is 0 Å². The van der Waals surface area contributed by atoms with Crippen molar-refractivity contribution in [3.05, 3.63) is 0 Å². The van der Waals surface area contributed by atoms with Crippen LogP contribution in [0.5, 0.6) is 0 Å². The Labute approximate surface area is 110 Å². The minimum absolute atomic E-state index is 0.0267. The molecule has 0 atom stereocenters. The summed E-state index contributed by atoms with van der Waals surface area (Å²) in [5.74, 6) is -0.298. The van der Waals surface area contributed by atoms with E-state index in [1.165, 1.54) is 0 Å². The van der Waals surface area contributed by atoms with Gasteiger partial charge in [0.05, 0.1) is 19.7 Å². The number of carbonyl (C=O) groups is 2. The van der Waals surface area contributed by atoms with Crippen LogP contribution < -0.4 is 5.32 Å². The van der Waals surface area contributed by atoms with Crippen LogP contribution in [0.15, 0.2) is 0 Å². The van der Waals surface area contributed by atoms with Gasteiger partial charge in [0.2, 0.25) is 5.91 Å². The van der Waals surface area contributed by atoms with Gasteiger partial charge in [-0.2, -0.15) is 0 Å². The number of rotatable bonds is 10. The van der Waals surface area contributed by atoms with Crippen molar-refractivity contribution in [2.75, 3.05) is 32.8 Å². The van der Waals surface area contributed by atoms with E-state index < -0.39 is 0 Å². The van der Waals surface area contributed by atoms with Crippen molar-refractivity contribution in [1.82, 2.24) is 10.2 Å². The van der Waals surface area contributed by atoms with Gasteiger partial charge in [0.1, 0.15) is 0 Å². The molecule has 0 aliphatic rings. The van der Waals surface area contributed by atoms with Gasteiger partial charge >= 0.3 is 5.97 Å². The summed E-state index contributed by atoms with van der Waals surface area (Å²) in [7, 11) is 0. The zero-order valence-electron chi connectivity index (χ0n) is 11.8. The zero-order valence-corrected chi connectivity index (χ0v) is 11.8. The van der Waals surface area contributed by atoms with Gasteiger partial charge in [0, 0.05) is 6.54 Å². The van der Waals surface area contributed by atoms with Gasteiger partial charge in [0.15, 0.2) is 0 Å². The average molecular weight is 258 g/mol. The molecule has 18 heavy (non-hydrogen) atoms. The Morgan fingerprint density at radius 3 is 2.39 bits per heavy atom. The largest absolute Gasteiger partial charge is 0.465 e. The normalized spacial score (nSPS) is 10.4. The SMILES string of the molecule is CCCCNC(=O)CN(CCC)CC(=O)OCC. The molecule has 0 rings (SSSR count). The molecule has 0 unspecified atom stereocenters. The average Bonchev–Trinajstić information content (AvgIpc) is 2.29. The molecule has 0 heterocycles. The highest BCUT2D eigenvalue weighted by Crippen LogP contribution is 1.93. The van der Waals surface area contributed by atoms with Crippen LogP contribution in [0.25, 0.3) is 0 Å². The number of nitrogens with zero attached hydrogens (tertiary/aromatic N) is 1. The first-order valence-corrected chi connectivity index (χ1v) is 6.78. The lowest BCUT2D eigenvalue weighted by atomic mass is 10.3. The van der Waals surface area contributed by atoms with Crippen LogP contribution in [0.2, 0.25) is 0 Å². The maximum absolute atomic E-state index is 11.6. The summed E-state index contributed by atoms with van der Waals surface area (Å²) < 4.78 is 4.89. The van der Waals surface area contributed by atoms with Crippen molar-refractivity contribution in [2.24, 2.45) is 0 Å². The lowest BCUT2D eigenvalue weighted by Gasteiger charge is -2.19. The molecule has 5 heteroatoms. The molecule has 0 saturated heterocycles. The highest BCUT2D eigenvalue weighted by Gasteiger charge is 2.14. The first-order chi connectivity index (χ1) is 8.63. The molecule has 0 aromatic heterocycles. The number of amides is 1. The molecule has 0 aliphatic heterocycles. The number of esters is 1. The van der Waals surface area contributed by atoms with Gasteiger partial charge in [0.25, 0.3) is 0 Å². The molecule has 0 aromatic carbocycles. The molecule has 0 aliphatic carbocycles. The highest BCUT2D eigenvalue weighted by atomic mass is 16.5. The maximum atomic E-state index is 11.6.